The molecular weight excluding hydrogens is 506 g/mol. The number of rotatable bonds is 7. The lowest BCUT2D eigenvalue weighted by Crippen LogP contribution is -2.54. The Hall–Kier alpha value is -3.95. The van der Waals surface area contributed by atoms with Crippen LogP contribution in [0.5, 0.6) is 5.75 Å². The van der Waals surface area contributed by atoms with E-state index in [4.69, 9.17) is 15.7 Å². The van der Waals surface area contributed by atoms with Crippen LogP contribution in [0, 0.1) is 17.8 Å². The number of piperazine rings is 1. The summed E-state index contributed by atoms with van der Waals surface area (Å²) in [6.45, 7) is 3.66. The summed E-state index contributed by atoms with van der Waals surface area (Å²) in [5, 5.41) is 28.3. The average Bonchev–Trinajstić information content (AvgIpc) is 3.22. The highest BCUT2D eigenvalue weighted by atomic mass is 16.4. The van der Waals surface area contributed by atoms with Crippen LogP contribution in [0.3, 0.4) is 0 Å². The molecule has 10 heteroatoms. The Bertz CT molecular complexity index is 1350. The number of aromatic nitrogens is 4. The summed E-state index contributed by atoms with van der Waals surface area (Å²) in [4.78, 5) is 25.8. The highest BCUT2D eigenvalue weighted by Gasteiger charge is 2.42. The van der Waals surface area contributed by atoms with E-state index < -0.39 is 5.97 Å². The fourth-order valence-electron chi connectivity index (χ4n) is 7.14. The Morgan fingerprint density at radius 3 is 2.45 bits per heavy atom. The lowest BCUT2D eigenvalue weighted by atomic mass is 9.71. The summed E-state index contributed by atoms with van der Waals surface area (Å²) >= 11 is 0. The van der Waals surface area contributed by atoms with Crippen LogP contribution < -0.4 is 15.5 Å². The molecule has 4 heterocycles. The summed E-state index contributed by atoms with van der Waals surface area (Å²) in [5.41, 5.74) is 9.47. The number of carbonyl (C=O) groups is 1. The van der Waals surface area contributed by atoms with Gasteiger partial charge in [0.15, 0.2) is 5.82 Å². The zero-order valence-electron chi connectivity index (χ0n) is 22.9. The number of nitrogens with zero attached hydrogens (tertiary/aromatic N) is 6. The fraction of sp³-hybridized carbons (Fsp3) is 0.500. The number of carboxylic acid groups (broad SMARTS) is 1. The van der Waals surface area contributed by atoms with Gasteiger partial charge >= 0.3 is 5.97 Å². The van der Waals surface area contributed by atoms with E-state index in [2.05, 4.69) is 26.9 Å². The average molecular weight is 544 g/mol. The zero-order chi connectivity index (χ0) is 27.8. The number of benzene rings is 1. The third-order valence-corrected chi connectivity index (χ3v) is 9.18. The van der Waals surface area contributed by atoms with Crippen LogP contribution in [0.25, 0.3) is 11.3 Å². The number of fused-ring (bicyclic) bond motifs is 2. The number of aromatic hydroxyl groups is 1. The molecule has 0 amide bonds. The number of nitrogens with two attached hydrogens (primary N) is 1. The van der Waals surface area contributed by atoms with Crippen molar-refractivity contribution in [3.63, 3.8) is 0 Å². The topological polar surface area (TPSA) is 142 Å². The number of anilines is 3. The molecule has 2 bridgehead atoms. The lowest BCUT2D eigenvalue weighted by Gasteiger charge is -2.42. The van der Waals surface area contributed by atoms with Crippen LogP contribution in [0.4, 0.5) is 17.5 Å². The van der Waals surface area contributed by atoms with Crippen LogP contribution in [0.2, 0.25) is 0 Å². The van der Waals surface area contributed by atoms with E-state index in [0.717, 1.165) is 75.2 Å². The molecule has 2 aromatic heterocycles. The molecular formula is C30H37N7O3. The molecule has 1 aliphatic carbocycles. The molecule has 210 valence electrons. The van der Waals surface area contributed by atoms with E-state index in [1.807, 2.05) is 30.6 Å². The first kappa shape index (κ1) is 26.3. The maximum Gasteiger partial charge on any atom is 0.306 e. The van der Waals surface area contributed by atoms with Crippen LogP contribution in [-0.2, 0) is 11.2 Å². The number of hydrogen-bond acceptors (Lipinski definition) is 9. The normalized spacial score (nSPS) is 26.2. The number of hydrogen-bond donors (Lipinski definition) is 3. The molecule has 40 heavy (non-hydrogen) atoms. The van der Waals surface area contributed by atoms with Gasteiger partial charge in [0.2, 0.25) is 5.95 Å². The minimum Gasteiger partial charge on any atom is -0.507 e. The van der Waals surface area contributed by atoms with Gasteiger partial charge in [-0.3, -0.25) is 4.79 Å². The monoisotopic (exact) mass is 543 g/mol. The smallest absolute Gasteiger partial charge is 0.306 e. The van der Waals surface area contributed by atoms with Crippen molar-refractivity contribution in [1.82, 2.24) is 20.2 Å². The van der Waals surface area contributed by atoms with Gasteiger partial charge in [-0.2, -0.15) is 0 Å². The SMILES string of the molecule is CCC1CC(Cc2cnc(N3C4CCC3CN(c3cc(-c5ccccc5O)nnc3N)C4)nc2)CCC1C(=O)O. The Morgan fingerprint density at radius 2 is 1.77 bits per heavy atom. The molecule has 0 spiro atoms. The van der Waals surface area contributed by atoms with Gasteiger partial charge in [0, 0.05) is 43.1 Å². The second kappa shape index (κ2) is 10.9. The number of carboxylic acids is 1. The van der Waals surface area contributed by atoms with E-state index in [1.54, 1.807) is 12.1 Å². The second-order valence-corrected chi connectivity index (χ2v) is 11.6. The summed E-state index contributed by atoms with van der Waals surface area (Å²) in [7, 11) is 0. The van der Waals surface area contributed by atoms with Gasteiger partial charge in [0.1, 0.15) is 5.75 Å². The molecule has 5 unspecified atom stereocenters. The maximum atomic E-state index is 11.6. The predicted molar refractivity (Wildman–Crippen MR) is 153 cm³/mol. The zero-order valence-corrected chi connectivity index (χ0v) is 22.9. The van der Waals surface area contributed by atoms with Gasteiger partial charge in [0.05, 0.1) is 17.3 Å². The minimum atomic E-state index is -0.647. The van der Waals surface area contributed by atoms with Crippen LogP contribution in [0.15, 0.2) is 42.7 Å². The molecule has 3 aliphatic rings. The highest BCUT2D eigenvalue weighted by Crippen LogP contribution is 2.39. The first-order valence-corrected chi connectivity index (χ1v) is 14.4. The molecule has 10 nitrogen and oxygen atoms in total. The van der Waals surface area contributed by atoms with Gasteiger partial charge in [-0.15, -0.1) is 10.2 Å². The number of para-hydroxylation sites is 1. The van der Waals surface area contributed by atoms with Crippen molar-refractivity contribution in [2.45, 2.75) is 64.0 Å². The van der Waals surface area contributed by atoms with Gasteiger partial charge < -0.3 is 25.7 Å². The van der Waals surface area contributed by atoms with Crippen LogP contribution in [-0.4, -0.2) is 61.5 Å². The lowest BCUT2D eigenvalue weighted by molar-refractivity contribution is -0.145. The molecule has 3 fully saturated rings. The van der Waals surface area contributed by atoms with Crippen LogP contribution >= 0.6 is 0 Å². The van der Waals surface area contributed by atoms with Gasteiger partial charge in [-0.25, -0.2) is 9.97 Å². The van der Waals surface area contributed by atoms with E-state index >= 15 is 0 Å². The van der Waals surface area contributed by atoms with Crippen molar-refractivity contribution >= 4 is 23.4 Å². The summed E-state index contributed by atoms with van der Waals surface area (Å²) < 4.78 is 0. The molecule has 2 saturated heterocycles. The molecule has 4 N–H and O–H groups in total. The summed E-state index contributed by atoms with van der Waals surface area (Å²) in [5.74, 6) is 1.20. The van der Waals surface area contributed by atoms with Gasteiger partial charge in [-0.05, 0) is 74.1 Å². The van der Waals surface area contributed by atoms with Crippen molar-refractivity contribution in [2.24, 2.45) is 17.8 Å². The van der Waals surface area contributed by atoms with E-state index in [1.165, 1.54) is 0 Å². The number of phenols is 1. The Kier molecular flexibility index (Phi) is 7.16. The Labute approximate surface area is 234 Å². The minimum absolute atomic E-state index is 0.163. The molecule has 2 aliphatic heterocycles. The quantitative estimate of drug-likeness (QED) is 0.398. The van der Waals surface area contributed by atoms with Crippen molar-refractivity contribution in [1.29, 1.82) is 0 Å². The number of aliphatic carboxylic acids is 1. The highest BCUT2D eigenvalue weighted by molar-refractivity contribution is 5.74. The van der Waals surface area contributed by atoms with Crippen LogP contribution in [0.1, 0.15) is 51.0 Å². The first-order valence-electron chi connectivity index (χ1n) is 14.4. The standard InChI is InChI=1S/C30H37N7O3/c1-2-20-12-18(7-10-23(20)29(39)40)11-19-14-32-30(33-15-19)37-21-8-9-22(37)17-36(16-21)26-13-25(34-35-28(26)31)24-5-3-4-6-27(24)38/h3-6,13-15,18,20-23,38H,2,7-12,16-17H2,1H3,(H2,31,35)(H,39,40). The molecule has 0 radical (unpaired) electrons. The fourth-order valence-corrected chi connectivity index (χ4v) is 7.14. The molecule has 5 atom stereocenters. The number of phenolic OH excluding ortho intramolecular Hbond substituents is 1. The predicted octanol–water partition coefficient (Wildman–Crippen LogP) is 4.15. The largest absolute Gasteiger partial charge is 0.507 e. The number of nitrogen functional groups attached to an aromatic ring is 1. The van der Waals surface area contributed by atoms with E-state index in [-0.39, 0.29) is 29.7 Å². The third-order valence-electron chi connectivity index (χ3n) is 9.18. The summed E-state index contributed by atoms with van der Waals surface area (Å²) in [6.07, 6.45) is 10.5. The first-order chi connectivity index (χ1) is 19.4. The van der Waals surface area contributed by atoms with Gasteiger partial charge in [-0.1, -0.05) is 25.5 Å². The Morgan fingerprint density at radius 1 is 1.05 bits per heavy atom. The van der Waals surface area contributed by atoms with Crippen molar-refractivity contribution in [2.75, 3.05) is 28.6 Å². The van der Waals surface area contributed by atoms with Crippen molar-refractivity contribution in [3.8, 4) is 17.0 Å². The Balaban J connectivity index is 1.13. The molecule has 3 aromatic rings. The third kappa shape index (κ3) is 5.02. The maximum absolute atomic E-state index is 11.6. The molecule has 1 saturated carbocycles. The van der Waals surface area contributed by atoms with Crippen molar-refractivity contribution in [3.05, 3.63) is 48.3 Å². The van der Waals surface area contributed by atoms with E-state index in [9.17, 15) is 15.0 Å². The van der Waals surface area contributed by atoms with Crippen molar-refractivity contribution < 1.29 is 15.0 Å². The van der Waals surface area contributed by atoms with Gasteiger partial charge in [0.25, 0.3) is 0 Å². The van der Waals surface area contributed by atoms with E-state index in [0.29, 0.717) is 23.0 Å². The molecule has 1 aromatic carbocycles. The second-order valence-electron chi connectivity index (χ2n) is 11.6. The summed E-state index contributed by atoms with van der Waals surface area (Å²) in [6, 6.07) is 9.57. The molecule has 6 rings (SSSR count).